The molecule has 0 unspecified atom stereocenters. The fourth-order valence-electron chi connectivity index (χ4n) is 2.98. The number of rotatable bonds is 1. The number of hydrogen-bond donors (Lipinski definition) is 1. The number of benzene rings is 1. The molecule has 2 aliphatic carbocycles. The average Bonchev–Trinajstić information content (AvgIpc) is 2.77. The van der Waals surface area contributed by atoms with Crippen LogP contribution in [0.3, 0.4) is 0 Å². The van der Waals surface area contributed by atoms with Crippen molar-refractivity contribution in [3.63, 3.8) is 0 Å². The molecule has 1 N–H and O–H groups in total. The molecule has 0 amide bonds. The minimum absolute atomic E-state index is 0.441. The molecule has 0 spiro atoms. The Kier molecular flexibility index (Phi) is 1.49. The molecule has 0 aromatic heterocycles. The van der Waals surface area contributed by atoms with E-state index in [0.717, 1.165) is 5.92 Å². The van der Waals surface area contributed by atoms with E-state index in [1.165, 1.54) is 30.4 Å². The summed E-state index contributed by atoms with van der Waals surface area (Å²) in [6, 6.07) is 5.63. The van der Waals surface area contributed by atoms with Gasteiger partial charge in [-0.15, -0.1) is 0 Å². The molecule has 1 aromatic rings. The molecule has 1 saturated carbocycles. The highest BCUT2D eigenvalue weighted by molar-refractivity contribution is 5.88. The average molecular weight is 188 g/mol. The van der Waals surface area contributed by atoms with Crippen LogP contribution in [-0.4, -0.2) is 11.1 Å². The van der Waals surface area contributed by atoms with Crippen molar-refractivity contribution >= 4 is 5.97 Å². The Morgan fingerprint density at radius 2 is 1.93 bits per heavy atom. The minimum atomic E-state index is -0.810. The number of aromatic carboxylic acids is 1. The summed E-state index contributed by atoms with van der Waals surface area (Å²) in [5, 5.41) is 8.89. The van der Waals surface area contributed by atoms with Gasteiger partial charge in [0.1, 0.15) is 0 Å². The van der Waals surface area contributed by atoms with Gasteiger partial charge in [-0.05, 0) is 54.4 Å². The fraction of sp³-hybridized carbons (Fsp3) is 0.417. The summed E-state index contributed by atoms with van der Waals surface area (Å²) < 4.78 is 0. The van der Waals surface area contributed by atoms with Crippen LogP contribution < -0.4 is 0 Å². The smallest absolute Gasteiger partial charge is 0.335 e. The minimum Gasteiger partial charge on any atom is -0.478 e. The van der Waals surface area contributed by atoms with E-state index in [1.54, 1.807) is 6.07 Å². The number of hydrogen-bond acceptors (Lipinski definition) is 1. The lowest BCUT2D eigenvalue weighted by molar-refractivity contribution is 0.0696. The van der Waals surface area contributed by atoms with Crippen LogP contribution in [0.5, 0.6) is 0 Å². The van der Waals surface area contributed by atoms with Crippen LogP contribution >= 0.6 is 0 Å². The topological polar surface area (TPSA) is 37.3 Å². The van der Waals surface area contributed by atoms with Gasteiger partial charge in [-0.3, -0.25) is 0 Å². The van der Waals surface area contributed by atoms with E-state index in [-0.39, 0.29) is 0 Å². The number of carboxylic acids is 1. The maximum Gasteiger partial charge on any atom is 0.335 e. The van der Waals surface area contributed by atoms with Crippen LogP contribution in [0.25, 0.3) is 0 Å². The van der Waals surface area contributed by atoms with E-state index in [0.29, 0.717) is 11.5 Å². The first-order chi connectivity index (χ1) is 6.75. The fourth-order valence-corrected chi connectivity index (χ4v) is 2.98. The second-order valence-corrected chi connectivity index (χ2v) is 4.36. The molecular weight excluding hydrogens is 176 g/mol. The molecule has 2 bridgehead atoms. The van der Waals surface area contributed by atoms with Crippen molar-refractivity contribution in [3.8, 4) is 0 Å². The van der Waals surface area contributed by atoms with Gasteiger partial charge in [0.05, 0.1) is 5.56 Å². The predicted molar refractivity (Wildman–Crippen MR) is 52.7 cm³/mol. The second kappa shape index (κ2) is 2.59. The lowest BCUT2D eigenvalue weighted by atomic mass is 9.90. The van der Waals surface area contributed by atoms with Crippen molar-refractivity contribution < 1.29 is 9.90 Å². The van der Waals surface area contributed by atoms with Crippen molar-refractivity contribution in [2.24, 2.45) is 0 Å². The summed E-state index contributed by atoms with van der Waals surface area (Å²) in [5.74, 6) is 0.558. The van der Waals surface area contributed by atoms with E-state index >= 15 is 0 Å². The van der Waals surface area contributed by atoms with Crippen molar-refractivity contribution in [2.75, 3.05) is 0 Å². The Balaban J connectivity index is 2.12. The summed E-state index contributed by atoms with van der Waals surface area (Å²) in [6.45, 7) is 0. The van der Waals surface area contributed by atoms with E-state index in [9.17, 15) is 4.79 Å². The van der Waals surface area contributed by atoms with Crippen molar-refractivity contribution in [2.45, 2.75) is 31.1 Å². The van der Waals surface area contributed by atoms with Gasteiger partial charge in [-0.1, -0.05) is 6.07 Å². The molecule has 72 valence electrons. The van der Waals surface area contributed by atoms with Gasteiger partial charge in [0.15, 0.2) is 0 Å². The third-order valence-corrected chi connectivity index (χ3v) is 3.65. The Bertz CT molecular complexity index is 409. The zero-order valence-corrected chi connectivity index (χ0v) is 7.86. The molecule has 0 saturated heterocycles. The van der Waals surface area contributed by atoms with Gasteiger partial charge in [0.2, 0.25) is 0 Å². The molecule has 14 heavy (non-hydrogen) atoms. The normalized spacial score (nSPS) is 27.7. The van der Waals surface area contributed by atoms with Gasteiger partial charge in [0.25, 0.3) is 0 Å². The second-order valence-electron chi connectivity index (χ2n) is 4.36. The van der Waals surface area contributed by atoms with Crippen LogP contribution in [0, 0.1) is 0 Å². The first-order valence-electron chi connectivity index (χ1n) is 5.13. The Morgan fingerprint density at radius 3 is 2.64 bits per heavy atom. The summed E-state index contributed by atoms with van der Waals surface area (Å²) in [6.07, 6.45) is 3.79. The molecule has 0 aliphatic heterocycles. The van der Waals surface area contributed by atoms with Crippen LogP contribution in [0.2, 0.25) is 0 Å². The molecule has 2 nitrogen and oxygen atoms in total. The van der Waals surface area contributed by atoms with E-state index in [1.807, 2.05) is 12.1 Å². The van der Waals surface area contributed by atoms with Crippen LogP contribution in [-0.2, 0) is 0 Å². The molecule has 2 aliphatic rings. The van der Waals surface area contributed by atoms with E-state index < -0.39 is 5.97 Å². The van der Waals surface area contributed by atoms with Crippen molar-refractivity contribution in [1.82, 2.24) is 0 Å². The molecule has 0 radical (unpaired) electrons. The van der Waals surface area contributed by atoms with Crippen LogP contribution in [0.4, 0.5) is 0 Å². The van der Waals surface area contributed by atoms with E-state index in [2.05, 4.69) is 0 Å². The number of fused-ring (bicyclic) bond motifs is 5. The standard InChI is InChI=1S/C12H12O2/c13-12(14)9-3-4-10-7-1-2-8(5-7)11(10)6-9/h3-4,6-8H,1-2,5H2,(H,13,14)/t7-,8-/m0/s1. The van der Waals surface area contributed by atoms with Crippen LogP contribution in [0.1, 0.15) is 52.6 Å². The monoisotopic (exact) mass is 188 g/mol. The molecule has 1 fully saturated rings. The van der Waals surface area contributed by atoms with Crippen molar-refractivity contribution in [1.29, 1.82) is 0 Å². The van der Waals surface area contributed by atoms with Gasteiger partial charge in [0, 0.05) is 0 Å². The zero-order chi connectivity index (χ0) is 9.71. The summed E-state index contributed by atoms with van der Waals surface area (Å²) in [4.78, 5) is 10.8. The highest BCUT2D eigenvalue weighted by Crippen LogP contribution is 2.52. The van der Waals surface area contributed by atoms with Crippen molar-refractivity contribution in [3.05, 3.63) is 34.9 Å². The highest BCUT2D eigenvalue weighted by Gasteiger charge is 2.36. The first-order valence-corrected chi connectivity index (χ1v) is 5.13. The molecule has 1 aromatic carbocycles. The molecule has 2 heteroatoms. The van der Waals surface area contributed by atoms with Crippen LogP contribution in [0.15, 0.2) is 18.2 Å². The summed E-state index contributed by atoms with van der Waals surface area (Å²) in [7, 11) is 0. The predicted octanol–water partition coefficient (Wildman–Crippen LogP) is 2.75. The maximum absolute atomic E-state index is 10.8. The first kappa shape index (κ1) is 8.04. The van der Waals surface area contributed by atoms with Gasteiger partial charge in [-0.25, -0.2) is 4.79 Å². The zero-order valence-electron chi connectivity index (χ0n) is 7.86. The molecule has 0 heterocycles. The van der Waals surface area contributed by atoms with Gasteiger partial charge < -0.3 is 5.11 Å². The maximum atomic E-state index is 10.8. The SMILES string of the molecule is O=C(O)c1ccc2c(c1)[C@H]1CC[C@H]2C1. The number of carboxylic acid groups (broad SMARTS) is 1. The summed E-state index contributed by atoms with van der Waals surface area (Å²) >= 11 is 0. The van der Waals surface area contributed by atoms with E-state index in [4.69, 9.17) is 5.11 Å². The third-order valence-electron chi connectivity index (χ3n) is 3.65. The lowest BCUT2D eigenvalue weighted by Crippen LogP contribution is -2.02. The van der Waals surface area contributed by atoms with Gasteiger partial charge >= 0.3 is 5.97 Å². The van der Waals surface area contributed by atoms with Gasteiger partial charge in [-0.2, -0.15) is 0 Å². The largest absolute Gasteiger partial charge is 0.478 e. The molecular formula is C12H12O2. The molecule has 3 rings (SSSR count). The molecule has 2 atom stereocenters. The quantitative estimate of drug-likeness (QED) is 0.735. The third kappa shape index (κ3) is 0.939. The Labute approximate surface area is 82.6 Å². The highest BCUT2D eigenvalue weighted by atomic mass is 16.4. The number of carbonyl (C=O) groups is 1. The lowest BCUT2D eigenvalue weighted by Gasteiger charge is -2.14. The Hall–Kier alpha value is -1.31. The summed E-state index contributed by atoms with van der Waals surface area (Å²) in [5.41, 5.74) is 3.16. The Morgan fingerprint density at radius 1 is 1.21 bits per heavy atom.